The van der Waals surface area contributed by atoms with Crippen molar-refractivity contribution in [3.05, 3.63) is 87.7 Å². The van der Waals surface area contributed by atoms with E-state index in [0.29, 0.717) is 100 Å². The molecule has 2 atom stereocenters. The average Bonchev–Trinajstić information content (AvgIpc) is 3.82. The number of nitriles is 1. The summed E-state index contributed by atoms with van der Waals surface area (Å²) < 4.78 is 5.52. The minimum absolute atomic E-state index is 0.00563. The van der Waals surface area contributed by atoms with E-state index in [2.05, 4.69) is 64.5 Å². The zero-order valence-corrected chi connectivity index (χ0v) is 40.1. The fourth-order valence-corrected chi connectivity index (χ4v) is 12.4. The molecule has 2 aliphatic heterocycles. The Labute approximate surface area is 397 Å². The molecule has 4 heterocycles. The van der Waals surface area contributed by atoms with Gasteiger partial charge in [0, 0.05) is 84.1 Å². The molecule has 4 amide bonds. The van der Waals surface area contributed by atoms with Crippen molar-refractivity contribution in [3.63, 3.8) is 0 Å². The molecule has 6 fully saturated rings. The van der Waals surface area contributed by atoms with Crippen LogP contribution in [0.3, 0.4) is 0 Å². The number of alkyl carbamates (subject to hydrolysis) is 1. The van der Waals surface area contributed by atoms with E-state index in [1.165, 1.54) is 0 Å². The number of carbonyl (C=O) groups is 5. The predicted molar refractivity (Wildman–Crippen MR) is 257 cm³/mol. The van der Waals surface area contributed by atoms with Crippen LogP contribution in [0.5, 0.6) is 0 Å². The molecule has 0 unspecified atom stereocenters. The molecule has 15 nitrogen and oxygen atoms in total. The summed E-state index contributed by atoms with van der Waals surface area (Å²) in [5.41, 5.74) is 11.2. The van der Waals surface area contributed by atoms with Gasteiger partial charge in [0.25, 0.3) is 0 Å². The number of nitrogen functional groups attached to an aromatic ring is 1. The van der Waals surface area contributed by atoms with E-state index >= 15 is 0 Å². The van der Waals surface area contributed by atoms with Crippen molar-refractivity contribution >= 4 is 52.0 Å². The van der Waals surface area contributed by atoms with Crippen molar-refractivity contribution in [2.24, 2.45) is 16.2 Å². The summed E-state index contributed by atoms with van der Waals surface area (Å²) in [6.45, 7) is 15.2. The normalized spacial score (nSPS) is 24.3. The third kappa shape index (κ3) is 7.55. The monoisotopic (exact) mass is 921 g/mol. The zero-order chi connectivity index (χ0) is 48.1. The van der Waals surface area contributed by atoms with Crippen molar-refractivity contribution in [1.29, 1.82) is 5.26 Å². The Morgan fingerprint density at radius 2 is 1.69 bits per heavy atom. The van der Waals surface area contributed by atoms with E-state index in [1.54, 1.807) is 33.0 Å². The van der Waals surface area contributed by atoms with Crippen LogP contribution in [0.15, 0.2) is 48.7 Å². The number of nitrogens with zero attached hydrogens (tertiary/aromatic N) is 5. The molecule has 5 aliphatic carbocycles. The first kappa shape index (κ1) is 45.4. The number of hydrogen-bond donors (Lipinski definition) is 4. The predicted octanol–water partition coefficient (Wildman–Crippen LogP) is 6.29. The van der Waals surface area contributed by atoms with Crippen LogP contribution in [0.1, 0.15) is 130 Å². The molecule has 2 saturated heterocycles. The number of fused-ring (bicyclic) bond motifs is 4. The number of piperazine rings is 1. The number of ketones is 1. The van der Waals surface area contributed by atoms with Crippen molar-refractivity contribution < 1.29 is 28.7 Å². The largest absolute Gasteiger partial charge is 0.444 e. The van der Waals surface area contributed by atoms with Gasteiger partial charge in [-0.3, -0.25) is 19.2 Å². The topological polar surface area (TPSA) is 207 Å². The third-order valence-corrected chi connectivity index (χ3v) is 16.2. The summed E-state index contributed by atoms with van der Waals surface area (Å²) in [5, 5.41) is 16.4. The zero-order valence-electron chi connectivity index (χ0n) is 40.1. The van der Waals surface area contributed by atoms with E-state index in [-0.39, 0.29) is 35.0 Å². The second kappa shape index (κ2) is 16.1. The van der Waals surface area contributed by atoms with E-state index < -0.39 is 34.0 Å². The van der Waals surface area contributed by atoms with E-state index in [4.69, 9.17) is 10.5 Å². The second-order valence-electron chi connectivity index (χ2n) is 22.2. The van der Waals surface area contributed by atoms with Gasteiger partial charge in [-0.1, -0.05) is 32.9 Å². The molecule has 5 N–H and O–H groups in total. The van der Waals surface area contributed by atoms with Gasteiger partial charge in [0.2, 0.25) is 17.7 Å². The number of nitrogens with one attached hydrogen (secondary N) is 3. The van der Waals surface area contributed by atoms with Crippen LogP contribution in [0.4, 0.5) is 16.3 Å². The second-order valence-corrected chi connectivity index (χ2v) is 22.2. The van der Waals surface area contributed by atoms with Gasteiger partial charge >= 0.3 is 6.09 Å². The molecular formula is C53H63N9O6. The summed E-state index contributed by atoms with van der Waals surface area (Å²) in [6, 6.07) is 14.6. The molecule has 4 saturated carbocycles. The molecule has 11 rings (SSSR count). The Balaban J connectivity index is 0.757. The molecule has 4 aromatic rings. The lowest BCUT2D eigenvalue weighted by Crippen LogP contribution is -2.73. The number of benzene rings is 2. The molecule has 1 spiro atoms. The first-order valence-electron chi connectivity index (χ1n) is 24.4. The van der Waals surface area contributed by atoms with Crippen molar-refractivity contribution in [3.8, 4) is 6.07 Å². The Hall–Kier alpha value is -6.43. The quantitative estimate of drug-likeness (QED) is 0.132. The minimum Gasteiger partial charge on any atom is -0.444 e. The fraction of sp³-hybridized carbons (Fsp3) is 0.528. The molecule has 2 aromatic carbocycles. The lowest BCUT2D eigenvalue weighted by Gasteiger charge is -2.69. The van der Waals surface area contributed by atoms with E-state index in [9.17, 15) is 29.2 Å². The van der Waals surface area contributed by atoms with Crippen molar-refractivity contribution in [1.82, 2.24) is 30.4 Å². The lowest BCUT2D eigenvalue weighted by molar-refractivity contribution is -0.221. The van der Waals surface area contributed by atoms with Gasteiger partial charge in [-0.25, -0.2) is 9.78 Å². The standard InChI is InChI=1S/C53H63N9O6/c1-7-32-23-35-36(50(5,6)43-41(42(35)63)34-14-13-31(25-54)22-38(34)57-43)24-39(32)60-18-20-61(21-19-60)46(65)52-27-53(28-52,29-52)47(66)62-26-40(51(30-62)15-16-51)59-45(64)37(58-48(67)68-49(2,3)4)12-8-10-33-11-9-17-56-44(33)55/h9,11,13-14,17,22-24,37,40,57H,7-8,10,12,15-16,18-21,26-30H2,1-6H3,(H2,55,56)(H,58,67)(H,59,64)/t37-,40-,52?,53?/m0/s1. The summed E-state index contributed by atoms with van der Waals surface area (Å²) in [7, 11) is 0. The number of amides is 4. The highest BCUT2D eigenvalue weighted by Crippen LogP contribution is 2.75. The fourth-order valence-electron chi connectivity index (χ4n) is 12.4. The molecule has 0 radical (unpaired) electrons. The Morgan fingerprint density at radius 3 is 2.34 bits per heavy atom. The number of ether oxygens (including phenoxy) is 1. The van der Waals surface area contributed by atoms with Crippen molar-refractivity contribution in [2.45, 2.75) is 122 Å². The number of likely N-dealkylation sites (tertiary alicyclic amines) is 1. The van der Waals surface area contributed by atoms with E-state index in [1.807, 2.05) is 34.1 Å². The maximum Gasteiger partial charge on any atom is 0.408 e. The van der Waals surface area contributed by atoms with Crippen LogP contribution in [0, 0.1) is 27.6 Å². The van der Waals surface area contributed by atoms with Crippen LogP contribution in [0.25, 0.3) is 10.9 Å². The van der Waals surface area contributed by atoms with E-state index in [0.717, 1.165) is 58.2 Å². The average molecular weight is 922 g/mol. The van der Waals surface area contributed by atoms with Gasteiger partial charge in [-0.2, -0.15) is 5.26 Å². The molecule has 356 valence electrons. The Morgan fingerprint density at radius 1 is 0.985 bits per heavy atom. The maximum absolute atomic E-state index is 14.3. The highest BCUT2D eigenvalue weighted by molar-refractivity contribution is 6.20. The summed E-state index contributed by atoms with van der Waals surface area (Å²) >= 11 is 0. The van der Waals surface area contributed by atoms with Gasteiger partial charge < -0.3 is 40.8 Å². The highest BCUT2D eigenvalue weighted by atomic mass is 16.6. The maximum atomic E-state index is 14.3. The number of aromatic nitrogens is 2. The van der Waals surface area contributed by atoms with Gasteiger partial charge in [0.15, 0.2) is 5.78 Å². The molecule has 2 aromatic heterocycles. The first-order valence-corrected chi connectivity index (χ1v) is 24.4. The number of aryl methyl sites for hydroxylation is 2. The van der Waals surface area contributed by atoms with Crippen LogP contribution >= 0.6 is 0 Å². The van der Waals surface area contributed by atoms with Gasteiger partial charge in [0.1, 0.15) is 17.5 Å². The van der Waals surface area contributed by atoms with Crippen LogP contribution in [-0.4, -0.2) is 106 Å². The number of hydrogen-bond acceptors (Lipinski definition) is 10. The molecule has 7 aliphatic rings. The Kier molecular flexibility index (Phi) is 10.7. The number of nitrogens with two attached hydrogens (primary N) is 1. The van der Waals surface area contributed by atoms with Crippen LogP contribution < -0.4 is 21.3 Å². The van der Waals surface area contributed by atoms with Gasteiger partial charge in [-0.05, 0) is 126 Å². The number of anilines is 2. The summed E-state index contributed by atoms with van der Waals surface area (Å²) in [6.07, 6.45) is 6.76. The highest BCUT2D eigenvalue weighted by Gasteiger charge is 2.76. The molecular weight excluding hydrogens is 859 g/mol. The van der Waals surface area contributed by atoms with Crippen molar-refractivity contribution in [2.75, 3.05) is 49.9 Å². The van der Waals surface area contributed by atoms with Crippen LogP contribution in [-0.2, 0) is 37.4 Å². The van der Waals surface area contributed by atoms with Gasteiger partial charge in [-0.15, -0.1) is 0 Å². The first-order chi connectivity index (χ1) is 32.3. The number of pyridine rings is 1. The number of rotatable bonds is 11. The Bertz CT molecular complexity index is 2800. The number of carbonyl (C=O) groups excluding carboxylic acids is 5. The van der Waals surface area contributed by atoms with Gasteiger partial charge in [0.05, 0.1) is 34.1 Å². The number of aromatic amines is 1. The third-order valence-electron chi connectivity index (χ3n) is 16.2. The minimum atomic E-state index is -0.839. The smallest absolute Gasteiger partial charge is 0.408 e. The molecule has 2 bridgehead atoms. The SMILES string of the molecule is CCc1cc2c(cc1N1CCN(C(=O)C34CC(C(=O)N5C[C@H](NC(=O)[C@H](CCCc6cccnc6N)NC(=O)OC(C)(C)C)C6(CC6)C5)(C3)C4)CC1)C(C)(C)c1[nH]c3cc(C#N)ccc3c1C2=O. The molecule has 15 heteroatoms. The number of H-pyrrole nitrogens is 1. The summed E-state index contributed by atoms with van der Waals surface area (Å²) in [5.74, 6) is 0.372. The van der Waals surface area contributed by atoms with Crippen LogP contribution in [0.2, 0.25) is 0 Å². The lowest BCUT2D eigenvalue weighted by atomic mass is 9.34. The summed E-state index contributed by atoms with van der Waals surface area (Å²) in [4.78, 5) is 83.6. The molecule has 68 heavy (non-hydrogen) atoms.